The zero-order valence-electron chi connectivity index (χ0n) is 12.0. The Morgan fingerprint density at radius 1 is 1.35 bits per heavy atom. The average Bonchev–Trinajstić information content (AvgIpc) is 2.35. The van der Waals surface area contributed by atoms with Gasteiger partial charge in [-0.2, -0.15) is 0 Å². The van der Waals surface area contributed by atoms with Gasteiger partial charge in [-0.3, -0.25) is 9.36 Å². The van der Waals surface area contributed by atoms with E-state index in [0.717, 1.165) is 16.9 Å². The maximum absolute atomic E-state index is 12.0. The molecule has 0 unspecified atom stereocenters. The van der Waals surface area contributed by atoms with Gasteiger partial charge in [-0.25, -0.2) is 4.98 Å². The SMILES string of the molecule is C[Si](C)(C)CCOCn1c(=O)ccc2cnc(Cl)cc21. The van der Waals surface area contributed by atoms with E-state index < -0.39 is 8.07 Å². The van der Waals surface area contributed by atoms with E-state index in [-0.39, 0.29) is 12.3 Å². The van der Waals surface area contributed by atoms with Crippen molar-refractivity contribution in [1.29, 1.82) is 0 Å². The first-order valence-corrected chi connectivity index (χ1v) is 10.7. The van der Waals surface area contributed by atoms with Crippen molar-refractivity contribution >= 4 is 30.6 Å². The number of hydrogen-bond acceptors (Lipinski definition) is 3. The van der Waals surface area contributed by atoms with Crippen LogP contribution in [0.1, 0.15) is 0 Å². The van der Waals surface area contributed by atoms with Gasteiger partial charge >= 0.3 is 0 Å². The highest BCUT2D eigenvalue weighted by atomic mass is 35.5. The number of fused-ring (bicyclic) bond motifs is 1. The summed E-state index contributed by atoms with van der Waals surface area (Å²) in [6.07, 6.45) is 1.66. The summed E-state index contributed by atoms with van der Waals surface area (Å²) in [7, 11) is -1.12. The molecular formula is C14H19ClN2O2Si. The molecule has 0 aliphatic rings. The molecule has 20 heavy (non-hydrogen) atoms. The first-order valence-electron chi connectivity index (χ1n) is 6.60. The third-order valence-corrected chi connectivity index (χ3v) is 4.97. The van der Waals surface area contributed by atoms with Gasteiger partial charge in [0.1, 0.15) is 11.9 Å². The molecule has 0 aromatic carbocycles. The van der Waals surface area contributed by atoms with Crippen molar-refractivity contribution < 1.29 is 4.74 Å². The van der Waals surface area contributed by atoms with Crippen molar-refractivity contribution in [3.63, 3.8) is 0 Å². The summed E-state index contributed by atoms with van der Waals surface area (Å²) in [5, 5.41) is 1.25. The van der Waals surface area contributed by atoms with Crippen LogP contribution in [0.3, 0.4) is 0 Å². The maximum atomic E-state index is 12.0. The van der Waals surface area contributed by atoms with Gasteiger partial charge in [-0.05, 0) is 18.2 Å². The minimum absolute atomic E-state index is 0.0900. The first-order chi connectivity index (χ1) is 9.37. The van der Waals surface area contributed by atoms with Crippen molar-refractivity contribution in [3.05, 3.63) is 39.9 Å². The van der Waals surface area contributed by atoms with Crippen molar-refractivity contribution in [2.45, 2.75) is 32.4 Å². The van der Waals surface area contributed by atoms with Crippen LogP contribution < -0.4 is 5.56 Å². The molecule has 0 saturated heterocycles. The fraction of sp³-hybridized carbons (Fsp3) is 0.429. The fourth-order valence-corrected chi connectivity index (χ4v) is 2.74. The highest BCUT2D eigenvalue weighted by Crippen LogP contribution is 2.15. The number of hydrogen-bond donors (Lipinski definition) is 0. The first kappa shape index (κ1) is 15.2. The Balaban J connectivity index is 2.18. The Bertz CT molecular complexity index is 664. The molecule has 0 aliphatic carbocycles. The van der Waals surface area contributed by atoms with Crippen LogP contribution in [0.25, 0.3) is 10.9 Å². The summed E-state index contributed by atoms with van der Waals surface area (Å²) < 4.78 is 7.25. The second-order valence-corrected chi connectivity index (χ2v) is 12.0. The van der Waals surface area contributed by atoms with E-state index in [4.69, 9.17) is 16.3 Å². The predicted molar refractivity (Wildman–Crippen MR) is 85.1 cm³/mol. The van der Waals surface area contributed by atoms with Crippen molar-refractivity contribution in [2.75, 3.05) is 6.61 Å². The van der Waals surface area contributed by atoms with Gasteiger partial charge < -0.3 is 4.74 Å². The molecule has 0 fully saturated rings. The molecule has 108 valence electrons. The van der Waals surface area contributed by atoms with Gasteiger partial charge in [0, 0.05) is 32.3 Å². The summed E-state index contributed by atoms with van der Waals surface area (Å²) in [5.41, 5.74) is 0.665. The van der Waals surface area contributed by atoms with E-state index in [1.807, 2.05) is 0 Å². The van der Waals surface area contributed by atoms with Crippen molar-refractivity contribution in [2.24, 2.45) is 0 Å². The second kappa shape index (κ2) is 6.07. The molecule has 0 saturated carbocycles. The topological polar surface area (TPSA) is 44.1 Å². The highest BCUT2D eigenvalue weighted by Gasteiger charge is 2.12. The second-order valence-electron chi connectivity index (χ2n) is 6.01. The number of aromatic nitrogens is 2. The Labute approximate surface area is 124 Å². The summed E-state index contributed by atoms with van der Waals surface area (Å²) in [5.74, 6) is 0. The summed E-state index contributed by atoms with van der Waals surface area (Å²) >= 11 is 5.90. The molecule has 4 nitrogen and oxygen atoms in total. The largest absolute Gasteiger partial charge is 0.361 e. The molecule has 2 heterocycles. The van der Waals surface area contributed by atoms with Crippen LogP contribution in [0.5, 0.6) is 0 Å². The van der Waals surface area contributed by atoms with Crippen LogP contribution in [0.15, 0.2) is 29.2 Å². The number of rotatable bonds is 5. The van der Waals surface area contributed by atoms with E-state index in [2.05, 4.69) is 24.6 Å². The zero-order valence-corrected chi connectivity index (χ0v) is 13.8. The van der Waals surface area contributed by atoms with Gasteiger partial charge in [0.15, 0.2) is 0 Å². The summed E-state index contributed by atoms with van der Waals surface area (Å²) in [6.45, 7) is 7.82. The Hall–Kier alpha value is -1.17. The lowest BCUT2D eigenvalue weighted by molar-refractivity contribution is 0.0879. The predicted octanol–water partition coefficient (Wildman–Crippen LogP) is 3.36. The number of halogens is 1. The smallest absolute Gasteiger partial charge is 0.252 e. The van der Waals surface area contributed by atoms with Gasteiger partial charge in [0.05, 0.1) is 5.52 Å². The lowest BCUT2D eigenvalue weighted by atomic mass is 10.2. The lowest BCUT2D eigenvalue weighted by Gasteiger charge is -2.16. The van der Waals surface area contributed by atoms with E-state index >= 15 is 0 Å². The molecule has 0 aliphatic heterocycles. The Morgan fingerprint density at radius 3 is 2.80 bits per heavy atom. The van der Waals surface area contributed by atoms with Gasteiger partial charge in [0.25, 0.3) is 5.56 Å². The molecule has 0 N–H and O–H groups in total. The van der Waals surface area contributed by atoms with Crippen LogP contribution in [0, 0.1) is 0 Å². The normalized spacial score (nSPS) is 12.0. The lowest BCUT2D eigenvalue weighted by Crippen LogP contribution is -2.24. The van der Waals surface area contributed by atoms with Crippen LogP contribution in [-0.4, -0.2) is 24.2 Å². The van der Waals surface area contributed by atoms with E-state index in [9.17, 15) is 4.79 Å². The molecule has 0 spiro atoms. The number of nitrogens with zero attached hydrogens (tertiary/aromatic N) is 2. The highest BCUT2D eigenvalue weighted by molar-refractivity contribution is 6.76. The van der Waals surface area contributed by atoms with Crippen LogP contribution in [-0.2, 0) is 11.5 Å². The van der Waals surface area contributed by atoms with E-state index in [1.165, 1.54) is 6.07 Å². The third-order valence-electron chi connectivity index (χ3n) is 3.06. The standard InChI is InChI=1S/C14H19ClN2O2Si/c1-20(2,3)7-6-19-10-17-12-8-13(15)16-9-11(12)4-5-14(17)18/h4-5,8-9H,6-7,10H2,1-3H3. The van der Waals surface area contributed by atoms with Gasteiger partial charge in [0.2, 0.25) is 0 Å². The number of pyridine rings is 2. The summed E-state index contributed by atoms with van der Waals surface area (Å²) in [4.78, 5) is 16.0. The van der Waals surface area contributed by atoms with E-state index in [0.29, 0.717) is 11.8 Å². The third kappa shape index (κ3) is 3.91. The minimum Gasteiger partial charge on any atom is -0.361 e. The Kier molecular flexibility index (Phi) is 4.62. The van der Waals surface area contributed by atoms with Crippen LogP contribution >= 0.6 is 11.6 Å². The quantitative estimate of drug-likeness (QED) is 0.483. The summed E-state index contributed by atoms with van der Waals surface area (Å²) in [6, 6.07) is 6.05. The molecule has 0 atom stereocenters. The molecule has 0 radical (unpaired) electrons. The van der Waals surface area contributed by atoms with Crippen molar-refractivity contribution in [3.8, 4) is 0 Å². The minimum atomic E-state index is -1.12. The molecule has 2 rings (SSSR count). The average molecular weight is 311 g/mol. The van der Waals surface area contributed by atoms with Gasteiger partial charge in [-0.15, -0.1) is 0 Å². The maximum Gasteiger partial charge on any atom is 0.252 e. The zero-order chi connectivity index (χ0) is 14.8. The molecule has 6 heteroatoms. The van der Waals surface area contributed by atoms with E-state index in [1.54, 1.807) is 22.9 Å². The van der Waals surface area contributed by atoms with Gasteiger partial charge in [-0.1, -0.05) is 31.2 Å². The molecule has 0 bridgehead atoms. The van der Waals surface area contributed by atoms with Crippen molar-refractivity contribution in [1.82, 2.24) is 9.55 Å². The fourth-order valence-electron chi connectivity index (χ4n) is 1.83. The van der Waals surface area contributed by atoms with Crippen LogP contribution in [0.2, 0.25) is 30.8 Å². The molecule has 0 amide bonds. The van der Waals surface area contributed by atoms with Crippen LogP contribution in [0.4, 0.5) is 0 Å². The molecule has 2 aromatic heterocycles. The molecular weight excluding hydrogens is 292 g/mol. The monoisotopic (exact) mass is 310 g/mol. The number of ether oxygens (including phenoxy) is 1. The Morgan fingerprint density at radius 2 is 2.10 bits per heavy atom. The molecule has 2 aromatic rings.